The number of nitrogens with zero attached hydrogens (tertiary/aromatic N) is 3. The zero-order valence-corrected chi connectivity index (χ0v) is 18.0. The highest BCUT2D eigenvalue weighted by atomic mass is 32.1. The summed E-state index contributed by atoms with van der Waals surface area (Å²) in [6.45, 7) is 3.35. The molecule has 0 aliphatic carbocycles. The first-order valence-corrected chi connectivity index (χ1v) is 11.1. The lowest BCUT2D eigenvalue weighted by Gasteiger charge is -2.27. The Hall–Kier alpha value is -3.07. The largest absolute Gasteiger partial charge is 0.356 e. The molecule has 1 N–H and O–H groups in total. The standard InChI is InChI=1S/C22H23FN4O3S/c1-14-2-3-15(12-17(14)23)22-25-20(30-26-22)5-4-19(28)24-9-6-21(29)27-10-7-18-16(13-27)8-11-31-18/h2-3,8,11-12H,4-7,9-10,13H2,1H3,(H,24,28). The van der Waals surface area contributed by atoms with Crippen LogP contribution in [0.5, 0.6) is 0 Å². The third-order valence-corrected chi connectivity index (χ3v) is 6.31. The van der Waals surface area contributed by atoms with E-state index >= 15 is 0 Å². The Morgan fingerprint density at radius 1 is 1.29 bits per heavy atom. The normalized spacial score (nSPS) is 13.2. The third-order valence-electron chi connectivity index (χ3n) is 5.29. The average Bonchev–Trinajstić information content (AvgIpc) is 3.43. The summed E-state index contributed by atoms with van der Waals surface area (Å²) in [5.74, 6) is 0.118. The summed E-state index contributed by atoms with van der Waals surface area (Å²) in [6, 6.07) is 6.80. The number of amides is 2. The van der Waals surface area contributed by atoms with Gasteiger partial charge in [0.25, 0.3) is 0 Å². The Bertz CT molecular complexity index is 1090. The summed E-state index contributed by atoms with van der Waals surface area (Å²) in [7, 11) is 0. The van der Waals surface area contributed by atoms with Gasteiger partial charge in [-0.1, -0.05) is 17.3 Å². The minimum absolute atomic E-state index is 0.0454. The molecule has 0 radical (unpaired) electrons. The predicted octanol–water partition coefficient (Wildman–Crippen LogP) is 3.27. The molecule has 0 saturated carbocycles. The quantitative estimate of drug-likeness (QED) is 0.607. The molecule has 31 heavy (non-hydrogen) atoms. The van der Waals surface area contributed by atoms with E-state index in [1.807, 2.05) is 4.90 Å². The Morgan fingerprint density at radius 3 is 3.00 bits per heavy atom. The molecule has 3 heterocycles. The molecule has 3 aromatic rings. The lowest BCUT2D eigenvalue weighted by Crippen LogP contribution is -2.37. The maximum Gasteiger partial charge on any atom is 0.227 e. The molecule has 0 spiro atoms. The van der Waals surface area contributed by atoms with Crippen molar-refractivity contribution in [3.63, 3.8) is 0 Å². The molecule has 4 rings (SSSR count). The van der Waals surface area contributed by atoms with Crippen LogP contribution in [0.15, 0.2) is 34.2 Å². The molecule has 2 aromatic heterocycles. The first-order valence-electron chi connectivity index (χ1n) is 10.2. The summed E-state index contributed by atoms with van der Waals surface area (Å²) < 4.78 is 18.9. The number of halogens is 1. The van der Waals surface area contributed by atoms with E-state index in [0.717, 1.165) is 13.0 Å². The van der Waals surface area contributed by atoms with E-state index in [9.17, 15) is 14.0 Å². The van der Waals surface area contributed by atoms with Crippen LogP contribution in [-0.4, -0.2) is 39.9 Å². The first kappa shape index (κ1) is 21.2. The third kappa shape index (κ3) is 5.16. The van der Waals surface area contributed by atoms with E-state index < -0.39 is 0 Å². The van der Waals surface area contributed by atoms with E-state index in [4.69, 9.17) is 4.52 Å². The van der Waals surface area contributed by atoms with Gasteiger partial charge in [0.15, 0.2) is 0 Å². The van der Waals surface area contributed by atoms with Gasteiger partial charge < -0.3 is 14.7 Å². The number of rotatable bonds is 7. The second-order valence-electron chi connectivity index (χ2n) is 7.51. The smallest absolute Gasteiger partial charge is 0.227 e. The number of aromatic nitrogens is 2. The van der Waals surface area contributed by atoms with Gasteiger partial charge in [-0.15, -0.1) is 11.3 Å². The molecule has 2 amide bonds. The number of carbonyl (C=O) groups is 2. The first-order chi connectivity index (χ1) is 15.0. The van der Waals surface area contributed by atoms with Crippen molar-refractivity contribution in [1.29, 1.82) is 0 Å². The number of aryl methyl sites for hydroxylation is 2. The lowest BCUT2D eigenvalue weighted by molar-refractivity contribution is -0.132. The van der Waals surface area contributed by atoms with Crippen molar-refractivity contribution in [2.75, 3.05) is 13.1 Å². The van der Waals surface area contributed by atoms with Crippen LogP contribution in [0.3, 0.4) is 0 Å². The highest BCUT2D eigenvalue weighted by molar-refractivity contribution is 7.10. The Balaban J connectivity index is 1.19. The van der Waals surface area contributed by atoms with Gasteiger partial charge in [0, 0.05) is 49.3 Å². The van der Waals surface area contributed by atoms with Crippen LogP contribution in [0.4, 0.5) is 4.39 Å². The number of nitrogens with one attached hydrogen (secondary N) is 1. The number of hydrogen-bond donors (Lipinski definition) is 1. The van der Waals surface area contributed by atoms with Crippen LogP contribution in [0, 0.1) is 12.7 Å². The van der Waals surface area contributed by atoms with Crippen LogP contribution < -0.4 is 5.32 Å². The van der Waals surface area contributed by atoms with Crippen molar-refractivity contribution in [3.8, 4) is 11.4 Å². The van der Waals surface area contributed by atoms with E-state index in [2.05, 4.69) is 26.9 Å². The second kappa shape index (κ2) is 9.38. The fourth-order valence-electron chi connectivity index (χ4n) is 3.44. The van der Waals surface area contributed by atoms with Crippen molar-refractivity contribution in [3.05, 3.63) is 57.4 Å². The highest BCUT2D eigenvalue weighted by Crippen LogP contribution is 2.24. The zero-order valence-electron chi connectivity index (χ0n) is 17.2. The topological polar surface area (TPSA) is 88.3 Å². The van der Waals surface area contributed by atoms with Crippen molar-refractivity contribution in [2.24, 2.45) is 0 Å². The molecular formula is C22H23FN4O3S. The summed E-state index contributed by atoms with van der Waals surface area (Å²) in [5.41, 5.74) is 2.29. The van der Waals surface area contributed by atoms with Gasteiger partial charge in [0.05, 0.1) is 0 Å². The van der Waals surface area contributed by atoms with Crippen molar-refractivity contribution in [2.45, 2.75) is 39.2 Å². The van der Waals surface area contributed by atoms with E-state index in [1.54, 1.807) is 30.4 Å². The molecule has 7 nitrogen and oxygen atoms in total. The summed E-state index contributed by atoms with van der Waals surface area (Å²) in [6.07, 6.45) is 1.61. The van der Waals surface area contributed by atoms with E-state index in [1.165, 1.54) is 16.5 Å². The number of fused-ring (bicyclic) bond motifs is 1. The van der Waals surface area contributed by atoms with Crippen molar-refractivity contribution >= 4 is 23.2 Å². The molecule has 162 valence electrons. The second-order valence-corrected chi connectivity index (χ2v) is 8.51. The van der Waals surface area contributed by atoms with Crippen molar-refractivity contribution in [1.82, 2.24) is 20.4 Å². The molecule has 1 aromatic carbocycles. The number of benzene rings is 1. The van der Waals surface area contributed by atoms with Gasteiger partial charge >= 0.3 is 0 Å². The molecule has 9 heteroatoms. The minimum Gasteiger partial charge on any atom is -0.356 e. The molecule has 1 aliphatic rings. The van der Waals surface area contributed by atoms with E-state index in [-0.39, 0.29) is 42.7 Å². The van der Waals surface area contributed by atoms with Gasteiger partial charge in [-0.25, -0.2) is 4.39 Å². The Kier molecular flexibility index (Phi) is 6.41. The summed E-state index contributed by atoms with van der Waals surface area (Å²) in [5, 5.41) is 8.68. The van der Waals surface area contributed by atoms with Crippen LogP contribution in [0.1, 0.15) is 34.7 Å². The number of thiophene rings is 1. The maximum atomic E-state index is 13.7. The summed E-state index contributed by atoms with van der Waals surface area (Å²) in [4.78, 5) is 31.9. The molecule has 0 bridgehead atoms. The van der Waals surface area contributed by atoms with E-state index in [0.29, 0.717) is 30.1 Å². The molecular weight excluding hydrogens is 419 g/mol. The Labute approximate surface area is 183 Å². The minimum atomic E-state index is -0.335. The van der Waals surface area contributed by atoms with Gasteiger partial charge in [-0.05, 0) is 42.0 Å². The van der Waals surface area contributed by atoms with Crippen LogP contribution >= 0.6 is 11.3 Å². The molecule has 1 aliphatic heterocycles. The fraction of sp³-hybridized carbons (Fsp3) is 0.364. The van der Waals surface area contributed by atoms with Crippen LogP contribution in [0.25, 0.3) is 11.4 Å². The van der Waals surface area contributed by atoms with Gasteiger partial charge in [0.2, 0.25) is 23.5 Å². The van der Waals surface area contributed by atoms with Crippen LogP contribution in [0.2, 0.25) is 0 Å². The number of hydrogen-bond acceptors (Lipinski definition) is 6. The summed E-state index contributed by atoms with van der Waals surface area (Å²) >= 11 is 1.74. The monoisotopic (exact) mass is 442 g/mol. The Morgan fingerprint density at radius 2 is 2.16 bits per heavy atom. The fourth-order valence-corrected chi connectivity index (χ4v) is 4.33. The molecule has 0 saturated heterocycles. The molecule has 0 atom stereocenters. The average molecular weight is 443 g/mol. The lowest BCUT2D eigenvalue weighted by atomic mass is 10.1. The molecule has 0 fully saturated rings. The van der Waals surface area contributed by atoms with Crippen LogP contribution in [-0.2, 0) is 29.0 Å². The zero-order chi connectivity index (χ0) is 21.8. The molecule has 0 unspecified atom stereocenters. The maximum absolute atomic E-state index is 13.7. The van der Waals surface area contributed by atoms with Gasteiger partial charge in [-0.2, -0.15) is 4.98 Å². The predicted molar refractivity (Wildman–Crippen MR) is 114 cm³/mol. The number of carbonyl (C=O) groups excluding carboxylic acids is 2. The SMILES string of the molecule is Cc1ccc(-c2noc(CCC(=O)NCCC(=O)N3CCc4sccc4C3)n2)cc1F. The van der Waals surface area contributed by atoms with Gasteiger partial charge in [0.1, 0.15) is 5.82 Å². The van der Waals surface area contributed by atoms with Gasteiger partial charge in [-0.3, -0.25) is 9.59 Å². The highest BCUT2D eigenvalue weighted by Gasteiger charge is 2.21. The van der Waals surface area contributed by atoms with Crippen molar-refractivity contribution < 1.29 is 18.5 Å².